The molecule has 1 N–H and O–H groups in total. The van der Waals surface area contributed by atoms with Gasteiger partial charge in [-0.3, -0.25) is 10.1 Å². The van der Waals surface area contributed by atoms with Crippen molar-refractivity contribution in [3.8, 4) is 5.75 Å². The van der Waals surface area contributed by atoms with Crippen LogP contribution in [0, 0.1) is 10.1 Å². The molecular weight excluding hydrogens is 332 g/mol. The van der Waals surface area contributed by atoms with E-state index in [1.54, 1.807) is 31.2 Å². The molecule has 1 atom stereocenters. The third-order valence-corrected chi connectivity index (χ3v) is 4.92. The second-order valence-corrected chi connectivity index (χ2v) is 6.81. The van der Waals surface area contributed by atoms with Crippen molar-refractivity contribution in [3.63, 3.8) is 0 Å². The number of nitrogens with zero attached hydrogens (tertiary/aromatic N) is 1. The van der Waals surface area contributed by atoms with Crippen molar-refractivity contribution in [2.24, 2.45) is 0 Å². The molecule has 2 aromatic carbocycles. The van der Waals surface area contributed by atoms with E-state index < -0.39 is 21.0 Å². The van der Waals surface area contributed by atoms with E-state index in [4.69, 9.17) is 4.74 Å². The van der Waals surface area contributed by atoms with Crippen molar-refractivity contribution < 1.29 is 18.1 Å². The number of ether oxygens (including phenoxy) is 1. The molecule has 0 amide bonds. The first-order valence-electron chi connectivity index (χ1n) is 7.33. The Labute approximate surface area is 140 Å². The van der Waals surface area contributed by atoms with Crippen molar-refractivity contribution in [1.82, 2.24) is 4.72 Å². The molecule has 0 aliphatic heterocycles. The average molecular weight is 350 g/mol. The summed E-state index contributed by atoms with van der Waals surface area (Å²) in [5, 5.41) is 10.6. The average Bonchev–Trinajstić information content (AvgIpc) is 2.55. The van der Waals surface area contributed by atoms with E-state index in [0.717, 1.165) is 17.7 Å². The van der Waals surface area contributed by atoms with Gasteiger partial charge >= 0.3 is 0 Å². The molecule has 1 unspecified atom stereocenters. The van der Waals surface area contributed by atoms with Gasteiger partial charge in [0.15, 0.2) is 0 Å². The van der Waals surface area contributed by atoms with Crippen LogP contribution in [0.1, 0.15) is 25.5 Å². The quantitative estimate of drug-likeness (QED) is 0.611. The number of nitro benzene ring substituents is 1. The highest BCUT2D eigenvalue weighted by atomic mass is 32.2. The minimum absolute atomic E-state index is 0.0269. The van der Waals surface area contributed by atoms with Crippen molar-refractivity contribution in [3.05, 3.63) is 64.2 Å². The molecule has 24 heavy (non-hydrogen) atoms. The first-order valence-corrected chi connectivity index (χ1v) is 8.81. The van der Waals surface area contributed by atoms with E-state index in [-0.39, 0.29) is 10.6 Å². The van der Waals surface area contributed by atoms with E-state index in [1.165, 1.54) is 12.1 Å². The molecule has 0 radical (unpaired) electrons. The lowest BCUT2D eigenvalue weighted by atomic mass is 10.1. The first-order chi connectivity index (χ1) is 11.3. The van der Waals surface area contributed by atoms with E-state index >= 15 is 0 Å². The molecule has 0 spiro atoms. The molecule has 2 aromatic rings. The molecule has 0 aliphatic carbocycles. The number of benzene rings is 2. The molecule has 0 heterocycles. The van der Waals surface area contributed by atoms with Crippen LogP contribution in [0.4, 0.5) is 5.69 Å². The van der Waals surface area contributed by atoms with Gasteiger partial charge in [-0.25, -0.2) is 13.1 Å². The zero-order valence-electron chi connectivity index (χ0n) is 13.3. The molecule has 2 rings (SSSR count). The summed E-state index contributed by atoms with van der Waals surface area (Å²) < 4.78 is 32.8. The van der Waals surface area contributed by atoms with Crippen LogP contribution >= 0.6 is 0 Å². The Morgan fingerprint density at radius 1 is 1.21 bits per heavy atom. The van der Waals surface area contributed by atoms with Gasteiger partial charge < -0.3 is 4.74 Å². The molecule has 8 heteroatoms. The molecule has 0 aromatic heterocycles. The van der Waals surface area contributed by atoms with Crippen LogP contribution in [-0.4, -0.2) is 19.9 Å². The number of sulfonamides is 1. The van der Waals surface area contributed by atoms with Gasteiger partial charge in [0.05, 0.1) is 16.4 Å². The van der Waals surface area contributed by atoms with Crippen LogP contribution in [0.2, 0.25) is 0 Å². The number of rotatable bonds is 7. The first kappa shape index (κ1) is 17.9. The third-order valence-electron chi connectivity index (χ3n) is 3.36. The smallest absolute Gasteiger partial charge is 0.269 e. The van der Waals surface area contributed by atoms with Gasteiger partial charge in [0.1, 0.15) is 5.75 Å². The fraction of sp³-hybridized carbons (Fsp3) is 0.250. The normalized spacial score (nSPS) is 12.6. The summed E-state index contributed by atoms with van der Waals surface area (Å²) in [5.74, 6) is 0.663. The summed E-state index contributed by atoms with van der Waals surface area (Å²) in [6.45, 7) is 4.10. The van der Waals surface area contributed by atoms with Crippen molar-refractivity contribution in [2.75, 3.05) is 6.61 Å². The van der Waals surface area contributed by atoms with Gasteiger partial charge in [-0.2, -0.15) is 0 Å². The van der Waals surface area contributed by atoms with E-state index in [9.17, 15) is 18.5 Å². The fourth-order valence-corrected chi connectivity index (χ4v) is 3.39. The minimum atomic E-state index is -3.79. The largest absolute Gasteiger partial charge is 0.494 e. The maximum absolute atomic E-state index is 12.4. The molecule has 0 saturated carbocycles. The molecule has 0 saturated heterocycles. The summed E-state index contributed by atoms with van der Waals surface area (Å²) in [5.41, 5.74) is 0.595. The zero-order valence-corrected chi connectivity index (χ0v) is 14.1. The van der Waals surface area contributed by atoms with Gasteiger partial charge in [-0.05, 0) is 43.7 Å². The molecule has 0 aliphatic rings. The lowest BCUT2D eigenvalue weighted by molar-refractivity contribution is -0.384. The Kier molecular flexibility index (Phi) is 5.53. The maximum atomic E-state index is 12.4. The van der Waals surface area contributed by atoms with Crippen LogP contribution in [-0.2, 0) is 10.0 Å². The number of non-ortho nitro benzene ring substituents is 1. The molecule has 0 bridgehead atoms. The lowest BCUT2D eigenvalue weighted by Crippen LogP contribution is -2.26. The van der Waals surface area contributed by atoms with Gasteiger partial charge in [-0.1, -0.05) is 12.1 Å². The monoisotopic (exact) mass is 350 g/mol. The second-order valence-electron chi connectivity index (χ2n) is 5.10. The van der Waals surface area contributed by atoms with E-state index in [1.807, 2.05) is 6.92 Å². The molecule has 128 valence electrons. The lowest BCUT2D eigenvalue weighted by Gasteiger charge is -2.15. The van der Waals surface area contributed by atoms with Crippen molar-refractivity contribution in [1.29, 1.82) is 0 Å². The Balaban J connectivity index is 2.18. The van der Waals surface area contributed by atoms with Crippen LogP contribution in [0.25, 0.3) is 0 Å². The van der Waals surface area contributed by atoms with Crippen LogP contribution in [0.15, 0.2) is 53.4 Å². The van der Waals surface area contributed by atoms with Crippen molar-refractivity contribution >= 4 is 15.7 Å². The minimum Gasteiger partial charge on any atom is -0.494 e. The third kappa shape index (κ3) is 4.30. The molecule has 7 nitrogen and oxygen atoms in total. The zero-order chi connectivity index (χ0) is 17.7. The predicted molar refractivity (Wildman–Crippen MR) is 89.4 cm³/mol. The highest BCUT2D eigenvalue weighted by Gasteiger charge is 2.19. The van der Waals surface area contributed by atoms with Gasteiger partial charge in [0.25, 0.3) is 5.69 Å². The number of nitrogens with one attached hydrogen (secondary N) is 1. The summed E-state index contributed by atoms with van der Waals surface area (Å²) in [4.78, 5) is 10.0. The van der Waals surface area contributed by atoms with E-state index in [2.05, 4.69) is 4.72 Å². The highest BCUT2D eigenvalue weighted by molar-refractivity contribution is 7.89. The Hall–Kier alpha value is -2.45. The fourth-order valence-electron chi connectivity index (χ4n) is 2.16. The van der Waals surface area contributed by atoms with Gasteiger partial charge in [0.2, 0.25) is 10.0 Å². The highest BCUT2D eigenvalue weighted by Crippen LogP contribution is 2.22. The summed E-state index contributed by atoms with van der Waals surface area (Å²) >= 11 is 0. The Morgan fingerprint density at radius 2 is 1.88 bits per heavy atom. The summed E-state index contributed by atoms with van der Waals surface area (Å²) in [6.07, 6.45) is 0. The summed E-state index contributed by atoms with van der Waals surface area (Å²) in [7, 11) is -3.79. The predicted octanol–water partition coefficient (Wildman–Crippen LogP) is 3.03. The topological polar surface area (TPSA) is 98.5 Å². The number of hydrogen-bond acceptors (Lipinski definition) is 5. The Morgan fingerprint density at radius 3 is 2.46 bits per heavy atom. The molecule has 0 fully saturated rings. The van der Waals surface area contributed by atoms with E-state index in [0.29, 0.717) is 12.4 Å². The van der Waals surface area contributed by atoms with Crippen LogP contribution in [0.5, 0.6) is 5.75 Å². The number of nitro groups is 1. The maximum Gasteiger partial charge on any atom is 0.269 e. The van der Waals surface area contributed by atoms with Crippen molar-refractivity contribution in [2.45, 2.75) is 24.8 Å². The van der Waals surface area contributed by atoms with Gasteiger partial charge in [0, 0.05) is 18.2 Å². The SMILES string of the molecule is CCOc1cccc(C(C)NS(=O)(=O)c2ccc([N+](=O)[O-])cc2)c1. The Bertz CT molecular complexity index is 819. The second kappa shape index (κ2) is 7.41. The van der Waals surface area contributed by atoms with Crippen LogP contribution in [0.3, 0.4) is 0 Å². The number of hydrogen-bond donors (Lipinski definition) is 1. The standard InChI is InChI=1S/C16H18N2O5S/c1-3-23-15-6-4-5-13(11-15)12(2)17-24(21,22)16-9-7-14(8-10-16)18(19)20/h4-12,17H,3H2,1-2H3. The summed E-state index contributed by atoms with van der Waals surface area (Å²) in [6, 6.07) is 11.4. The van der Waals surface area contributed by atoms with Crippen LogP contribution < -0.4 is 9.46 Å². The molecular formula is C16H18N2O5S. The van der Waals surface area contributed by atoms with Gasteiger partial charge in [-0.15, -0.1) is 0 Å².